The van der Waals surface area contributed by atoms with Crippen LogP contribution in [-0.4, -0.2) is 51.9 Å². The fraction of sp³-hybridized carbons (Fsp3) is 0.318. The highest BCUT2D eigenvalue weighted by atomic mass is 32.3. The molecule has 4 aromatic carbocycles. The summed E-state index contributed by atoms with van der Waals surface area (Å²) in [4.78, 5) is 0. The maximum absolute atomic E-state index is 7.39. The van der Waals surface area contributed by atoms with Gasteiger partial charge in [-0.1, -0.05) is 210 Å². The van der Waals surface area contributed by atoms with Crippen LogP contribution in [0.5, 0.6) is 0 Å². The molecule has 0 saturated heterocycles. The molecule has 0 amide bonds. The second kappa shape index (κ2) is 17.7. The molecule has 2 unspecified atom stereocenters. The van der Waals surface area contributed by atoms with E-state index in [1.807, 2.05) is 94.1 Å². The molecule has 0 aromatic heterocycles. The highest BCUT2D eigenvalue weighted by Crippen LogP contribution is 2.68. The van der Waals surface area contributed by atoms with Crippen molar-refractivity contribution < 1.29 is 8.85 Å². The average Bonchev–Trinajstić information content (AvgIpc) is 3.83. The van der Waals surface area contributed by atoms with Crippen molar-refractivity contribution in [3.63, 3.8) is 0 Å². The molecule has 4 aliphatic heterocycles. The van der Waals surface area contributed by atoms with Gasteiger partial charge in [0.05, 0.1) is 25.4 Å². The van der Waals surface area contributed by atoms with Crippen molar-refractivity contribution >= 4 is 131 Å². The Morgan fingerprint density at radius 3 is 1.00 bits per heavy atom. The van der Waals surface area contributed by atoms with Crippen LogP contribution in [-0.2, 0) is 8.85 Å². The summed E-state index contributed by atoms with van der Waals surface area (Å²) in [7, 11) is -5.14. The molecule has 4 aromatic rings. The minimum atomic E-state index is -2.57. The van der Waals surface area contributed by atoms with Crippen molar-refractivity contribution in [1.29, 1.82) is 0 Å². The van der Waals surface area contributed by atoms with Crippen molar-refractivity contribution in [2.75, 3.05) is 24.7 Å². The van der Waals surface area contributed by atoms with Crippen molar-refractivity contribution in [2.45, 2.75) is 62.1 Å². The molecule has 12 heteroatoms. The third kappa shape index (κ3) is 8.44. The molecule has 292 valence electrons. The van der Waals surface area contributed by atoms with E-state index in [9.17, 15) is 0 Å². The van der Waals surface area contributed by atoms with Gasteiger partial charge in [0.25, 0.3) is 16.6 Å². The van der Waals surface area contributed by atoms with Crippen molar-refractivity contribution in [3.05, 3.63) is 147 Å². The smallest absolute Gasteiger partial charge is 0.261 e. The van der Waals surface area contributed by atoms with Gasteiger partial charge in [0, 0.05) is 35.2 Å². The van der Waals surface area contributed by atoms with Gasteiger partial charge >= 0.3 is 0 Å². The lowest BCUT2D eigenvalue weighted by molar-refractivity contribution is 0.303. The van der Waals surface area contributed by atoms with Crippen LogP contribution in [0.2, 0.25) is 10.1 Å². The molecule has 0 radical (unpaired) electrons. The maximum Gasteiger partial charge on any atom is 0.261 e. The van der Waals surface area contributed by atoms with Crippen molar-refractivity contribution in [3.8, 4) is 0 Å². The number of thioether (sulfide) groups is 8. The van der Waals surface area contributed by atoms with Gasteiger partial charge in [-0.05, 0) is 30.8 Å². The van der Waals surface area contributed by atoms with Gasteiger partial charge in [-0.15, -0.1) is 47.0 Å². The summed E-state index contributed by atoms with van der Waals surface area (Å²) in [5.41, 5.74) is 0. The normalized spacial score (nSPS) is 22.0. The summed E-state index contributed by atoms with van der Waals surface area (Å²) in [6.07, 6.45) is 0. The van der Waals surface area contributed by atoms with Crippen LogP contribution in [0, 0.1) is 0 Å². The Labute approximate surface area is 370 Å². The molecule has 0 N–H and O–H groups in total. The fourth-order valence-corrected chi connectivity index (χ4v) is 30.1. The molecule has 4 aliphatic rings. The average molecular weight is 922 g/mol. The lowest BCUT2D eigenvalue weighted by Gasteiger charge is -2.43. The van der Waals surface area contributed by atoms with E-state index in [1.165, 1.54) is 46.2 Å². The molecule has 0 saturated carbocycles. The predicted octanol–water partition coefficient (Wildman–Crippen LogP) is 12.2. The molecular formula is C44H48O2S8Si2. The molecule has 2 nitrogen and oxygen atoms in total. The van der Waals surface area contributed by atoms with Gasteiger partial charge in [0.1, 0.15) is 0 Å². The Hall–Kier alpha value is -0.746. The van der Waals surface area contributed by atoms with E-state index in [0.29, 0.717) is 10.5 Å². The van der Waals surface area contributed by atoms with E-state index in [-0.39, 0.29) is 10.1 Å². The standard InChI is InChI=1S/C44H48O2S8Si2/c1-43(2,3)55(33-19-11-7-12-20-33,34-21-13-8-14-22-34)45-27-31-29-47-37-39(49-31)53-41(51-37)42-52-38-40(54-42)50-32(30-48-38)28-46-56(44(4,5)6,35-23-15-9-16-24-35)36-25-17-10-18-26-36/h7-26,31-32H,27-30H2,1-6H3/b42-41+. The lowest BCUT2D eigenvalue weighted by Crippen LogP contribution is -2.67. The summed E-state index contributed by atoms with van der Waals surface area (Å²) >= 11 is 16.2. The Morgan fingerprint density at radius 2 is 0.714 bits per heavy atom. The van der Waals surface area contributed by atoms with Crippen molar-refractivity contribution in [2.24, 2.45) is 0 Å². The number of hydrogen-bond acceptors (Lipinski definition) is 10. The Kier molecular flexibility index (Phi) is 13.3. The largest absolute Gasteiger partial charge is 0.406 e. The summed E-state index contributed by atoms with van der Waals surface area (Å²) in [6, 6.07) is 44.2. The topological polar surface area (TPSA) is 18.5 Å². The minimum absolute atomic E-state index is 0.0200. The van der Waals surface area contributed by atoms with Crippen molar-refractivity contribution in [1.82, 2.24) is 0 Å². The third-order valence-corrected chi connectivity index (χ3v) is 33.0. The lowest BCUT2D eigenvalue weighted by atomic mass is 10.2. The SMILES string of the molecule is CC(C)(C)[Si](OCC1CSC2=C(S/C(=C3\SC4=C(S3)SC(CO[Si](c3ccccc3)(c3ccccc3)C(C)(C)C)CS4)S2)S1)(c1ccccc1)c1ccccc1. The monoisotopic (exact) mass is 920 g/mol. The second-order valence-electron chi connectivity index (χ2n) is 16.2. The minimum Gasteiger partial charge on any atom is -0.406 e. The quantitative estimate of drug-likeness (QED) is 0.143. The van der Waals surface area contributed by atoms with Crippen LogP contribution in [0.1, 0.15) is 41.5 Å². The second-order valence-corrected chi connectivity index (χ2v) is 35.1. The number of rotatable bonds is 10. The molecule has 0 fully saturated rings. The predicted molar refractivity (Wildman–Crippen MR) is 266 cm³/mol. The van der Waals surface area contributed by atoms with Gasteiger partial charge < -0.3 is 8.85 Å². The first-order valence-corrected chi connectivity index (χ1v) is 29.8. The van der Waals surface area contributed by atoms with E-state index >= 15 is 0 Å². The first kappa shape index (κ1) is 42.0. The number of hydrogen-bond donors (Lipinski definition) is 0. The fourth-order valence-electron chi connectivity index (χ4n) is 7.86. The third-order valence-electron chi connectivity index (χ3n) is 10.4. The Morgan fingerprint density at radius 1 is 0.429 bits per heavy atom. The van der Waals surface area contributed by atoms with Crippen LogP contribution in [0.4, 0.5) is 0 Å². The van der Waals surface area contributed by atoms with E-state index in [4.69, 9.17) is 8.85 Å². The zero-order chi connectivity index (χ0) is 39.0. The Balaban J connectivity index is 0.927. The summed E-state index contributed by atoms with van der Waals surface area (Å²) in [6.45, 7) is 15.7. The summed E-state index contributed by atoms with van der Waals surface area (Å²) in [5, 5.41) is 6.19. The van der Waals surface area contributed by atoms with Gasteiger partial charge in [0.15, 0.2) is 0 Å². The summed E-state index contributed by atoms with van der Waals surface area (Å²) < 4.78 is 23.6. The maximum atomic E-state index is 7.39. The van der Waals surface area contributed by atoms with Crippen LogP contribution < -0.4 is 20.7 Å². The molecule has 4 heterocycles. The molecule has 8 rings (SSSR count). The van der Waals surface area contributed by atoms with E-state index < -0.39 is 16.6 Å². The molecular weight excluding hydrogens is 873 g/mol. The molecule has 56 heavy (non-hydrogen) atoms. The van der Waals surface area contributed by atoms with Crippen LogP contribution >= 0.6 is 94.1 Å². The highest BCUT2D eigenvalue weighted by molar-refractivity contribution is 8.45. The van der Waals surface area contributed by atoms with E-state index in [2.05, 4.69) is 163 Å². The molecule has 0 aliphatic carbocycles. The molecule has 0 spiro atoms. The summed E-state index contributed by atoms with van der Waals surface area (Å²) in [5.74, 6) is 2.15. The first-order valence-electron chi connectivity index (χ1n) is 19.0. The zero-order valence-electron chi connectivity index (χ0n) is 32.6. The van der Waals surface area contributed by atoms with E-state index in [1.54, 1.807) is 0 Å². The zero-order valence-corrected chi connectivity index (χ0v) is 41.1. The van der Waals surface area contributed by atoms with Gasteiger partial charge in [-0.2, -0.15) is 0 Å². The number of benzene rings is 4. The van der Waals surface area contributed by atoms with Crippen LogP contribution in [0.3, 0.4) is 0 Å². The van der Waals surface area contributed by atoms with E-state index in [0.717, 1.165) is 24.7 Å². The highest BCUT2D eigenvalue weighted by Gasteiger charge is 2.52. The van der Waals surface area contributed by atoms with Gasteiger partial charge in [-0.3, -0.25) is 0 Å². The van der Waals surface area contributed by atoms with Crippen LogP contribution in [0.15, 0.2) is 147 Å². The molecule has 0 bridgehead atoms. The van der Waals surface area contributed by atoms with Crippen LogP contribution in [0.25, 0.3) is 0 Å². The molecule has 2 atom stereocenters. The van der Waals surface area contributed by atoms with Gasteiger partial charge in [-0.25, -0.2) is 0 Å². The Bertz CT molecular complexity index is 1870. The van der Waals surface area contributed by atoms with Gasteiger partial charge in [0.2, 0.25) is 0 Å². The first-order chi connectivity index (χ1) is 27.0.